The fraction of sp³-hybridized carbons (Fsp3) is 0.368. The Kier molecular flexibility index (Phi) is 5.25. The predicted octanol–water partition coefficient (Wildman–Crippen LogP) is 2.59. The second-order valence-electron chi connectivity index (χ2n) is 6.21. The molecular weight excluding hydrogens is 337 g/mol. The summed E-state index contributed by atoms with van der Waals surface area (Å²) in [4.78, 5) is 20.6. The Morgan fingerprint density at radius 3 is 2.42 bits per heavy atom. The second kappa shape index (κ2) is 7.59. The molecule has 3 rings (SSSR count). The Hall–Kier alpha value is -2.83. The lowest BCUT2D eigenvalue weighted by molar-refractivity contribution is 0.0725. The average molecular weight is 359 g/mol. The van der Waals surface area contributed by atoms with Crippen molar-refractivity contribution in [2.24, 2.45) is 0 Å². The Morgan fingerprint density at radius 1 is 1.15 bits per heavy atom. The van der Waals surface area contributed by atoms with Crippen LogP contribution in [0.1, 0.15) is 17.3 Å². The van der Waals surface area contributed by atoms with Crippen LogP contribution >= 0.6 is 0 Å². The standard InChI is InChI=1S/C19H22FN3O3/c1-13-12-22(7-8-23(13)18-6-4-5-17(20)21-18)19(24)14-9-15(25-2)11-16(10-14)26-3/h4-6,9-11,13H,7-8,12H2,1-3H3. The van der Waals surface area contributed by atoms with Crippen molar-refractivity contribution in [1.82, 2.24) is 9.88 Å². The van der Waals surface area contributed by atoms with Crippen LogP contribution in [0.25, 0.3) is 0 Å². The van der Waals surface area contributed by atoms with E-state index in [0.29, 0.717) is 42.5 Å². The molecule has 2 heterocycles. The van der Waals surface area contributed by atoms with Crippen LogP contribution in [-0.2, 0) is 0 Å². The second-order valence-corrected chi connectivity index (χ2v) is 6.21. The van der Waals surface area contributed by atoms with Gasteiger partial charge in [0.1, 0.15) is 17.3 Å². The van der Waals surface area contributed by atoms with Gasteiger partial charge in [0.05, 0.1) is 14.2 Å². The third kappa shape index (κ3) is 3.71. The maximum absolute atomic E-state index is 13.4. The quantitative estimate of drug-likeness (QED) is 0.786. The van der Waals surface area contributed by atoms with Crippen LogP contribution in [0.2, 0.25) is 0 Å². The zero-order valence-electron chi connectivity index (χ0n) is 15.1. The lowest BCUT2D eigenvalue weighted by Crippen LogP contribution is -2.54. The largest absolute Gasteiger partial charge is 0.497 e. The van der Waals surface area contributed by atoms with Crippen LogP contribution in [0, 0.1) is 5.95 Å². The van der Waals surface area contributed by atoms with E-state index in [4.69, 9.17) is 9.47 Å². The van der Waals surface area contributed by atoms with Gasteiger partial charge in [0.15, 0.2) is 0 Å². The predicted molar refractivity (Wildman–Crippen MR) is 96.5 cm³/mol. The number of amides is 1. The third-order valence-corrected chi connectivity index (χ3v) is 4.51. The lowest BCUT2D eigenvalue weighted by atomic mass is 10.1. The fourth-order valence-corrected chi connectivity index (χ4v) is 3.15. The van der Waals surface area contributed by atoms with Crippen molar-refractivity contribution in [3.63, 3.8) is 0 Å². The van der Waals surface area contributed by atoms with Gasteiger partial charge >= 0.3 is 0 Å². The first-order valence-corrected chi connectivity index (χ1v) is 8.43. The van der Waals surface area contributed by atoms with E-state index in [1.807, 2.05) is 11.8 Å². The topological polar surface area (TPSA) is 54.9 Å². The zero-order valence-corrected chi connectivity index (χ0v) is 15.1. The highest BCUT2D eigenvalue weighted by Gasteiger charge is 2.28. The zero-order chi connectivity index (χ0) is 18.7. The minimum atomic E-state index is -0.503. The van der Waals surface area contributed by atoms with Crippen LogP contribution in [0.5, 0.6) is 11.5 Å². The van der Waals surface area contributed by atoms with Gasteiger partial charge in [-0.05, 0) is 31.2 Å². The molecule has 1 atom stereocenters. The molecule has 1 aromatic heterocycles. The van der Waals surface area contributed by atoms with Crippen molar-refractivity contribution >= 4 is 11.7 Å². The van der Waals surface area contributed by atoms with E-state index in [-0.39, 0.29) is 11.9 Å². The normalized spacial score (nSPS) is 17.2. The highest BCUT2D eigenvalue weighted by atomic mass is 19.1. The number of anilines is 1. The van der Waals surface area contributed by atoms with E-state index in [1.54, 1.807) is 49.5 Å². The van der Waals surface area contributed by atoms with Crippen LogP contribution < -0.4 is 14.4 Å². The molecule has 0 saturated carbocycles. The number of hydrogen-bond acceptors (Lipinski definition) is 5. The molecule has 0 bridgehead atoms. The molecule has 0 radical (unpaired) electrons. The number of carbonyl (C=O) groups is 1. The number of pyridine rings is 1. The van der Waals surface area contributed by atoms with Crippen molar-refractivity contribution in [2.75, 3.05) is 38.8 Å². The molecule has 1 saturated heterocycles. The Labute approximate surface area is 152 Å². The van der Waals surface area contributed by atoms with Crippen LogP contribution in [0.15, 0.2) is 36.4 Å². The molecule has 0 spiro atoms. The van der Waals surface area contributed by atoms with E-state index in [2.05, 4.69) is 4.98 Å². The molecule has 1 aliphatic rings. The Morgan fingerprint density at radius 2 is 1.85 bits per heavy atom. The minimum absolute atomic E-state index is 0.0227. The fourth-order valence-electron chi connectivity index (χ4n) is 3.15. The third-order valence-electron chi connectivity index (χ3n) is 4.51. The first-order chi connectivity index (χ1) is 12.5. The Balaban J connectivity index is 1.75. The smallest absolute Gasteiger partial charge is 0.254 e. The van der Waals surface area contributed by atoms with Crippen molar-refractivity contribution < 1.29 is 18.7 Å². The maximum atomic E-state index is 13.4. The summed E-state index contributed by atoms with van der Waals surface area (Å²) >= 11 is 0. The van der Waals surface area contributed by atoms with E-state index in [0.717, 1.165) is 0 Å². The van der Waals surface area contributed by atoms with Gasteiger partial charge in [0.25, 0.3) is 5.91 Å². The number of carbonyl (C=O) groups excluding carboxylic acids is 1. The molecule has 1 fully saturated rings. The Bertz CT molecular complexity index is 777. The first kappa shape index (κ1) is 18.0. The minimum Gasteiger partial charge on any atom is -0.497 e. The summed E-state index contributed by atoms with van der Waals surface area (Å²) < 4.78 is 23.9. The number of ether oxygens (including phenoxy) is 2. The van der Waals surface area contributed by atoms with Crippen molar-refractivity contribution in [3.8, 4) is 11.5 Å². The van der Waals surface area contributed by atoms with E-state index in [9.17, 15) is 9.18 Å². The molecule has 1 unspecified atom stereocenters. The molecule has 1 amide bonds. The molecule has 1 aliphatic heterocycles. The molecular formula is C19H22FN3O3. The number of nitrogens with zero attached hydrogens (tertiary/aromatic N) is 3. The van der Waals surface area contributed by atoms with Gasteiger partial charge in [-0.2, -0.15) is 4.39 Å². The summed E-state index contributed by atoms with van der Waals surface area (Å²) in [6.07, 6.45) is 0. The number of piperazine rings is 1. The van der Waals surface area contributed by atoms with Gasteiger partial charge in [0.2, 0.25) is 5.95 Å². The first-order valence-electron chi connectivity index (χ1n) is 8.43. The van der Waals surface area contributed by atoms with Gasteiger partial charge in [-0.3, -0.25) is 4.79 Å². The summed E-state index contributed by atoms with van der Waals surface area (Å²) in [7, 11) is 3.10. The molecule has 0 aliphatic carbocycles. The van der Waals surface area contributed by atoms with Gasteiger partial charge in [0, 0.05) is 37.3 Å². The van der Waals surface area contributed by atoms with Crippen LogP contribution in [-0.4, -0.2) is 55.7 Å². The molecule has 26 heavy (non-hydrogen) atoms. The average Bonchev–Trinajstić information content (AvgIpc) is 2.66. The summed E-state index contributed by atoms with van der Waals surface area (Å²) in [6.45, 7) is 3.64. The molecule has 7 heteroatoms. The van der Waals surface area contributed by atoms with Gasteiger partial charge in [-0.1, -0.05) is 6.07 Å². The van der Waals surface area contributed by atoms with Crippen molar-refractivity contribution in [1.29, 1.82) is 0 Å². The van der Waals surface area contributed by atoms with Crippen LogP contribution in [0.3, 0.4) is 0 Å². The summed E-state index contributed by atoms with van der Waals surface area (Å²) in [5, 5.41) is 0. The molecule has 0 N–H and O–H groups in total. The molecule has 1 aromatic carbocycles. The SMILES string of the molecule is COc1cc(OC)cc(C(=O)N2CCN(c3cccc(F)n3)C(C)C2)c1. The monoisotopic (exact) mass is 359 g/mol. The summed E-state index contributed by atoms with van der Waals surface area (Å²) in [6, 6.07) is 9.91. The van der Waals surface area contributed by atoms with Crippen molar-refractivity contribution in [2.45, 2.75) is 13.0 Å². The summed E-state index contributed by atoms with van der Waals surface area (Å²) in [5.74, 6) is 1.15. The number of aromatic nitrogens is 1. The summed E-state index contributed by atoms with van der Waals surface area (Å²) in [5.41, 5.74) is 0.519. The number of hydrogen-bond donors (Lipinski definition) is 0. The number of methoxy groups -OCH3 is 2. The molecule has 2 aromatic rings. The number of halogens is 1. The van der Waals surface area contributed by atoms with Crippen LogP contribution in [0.4, 0.5) is 10.2 Å². The van der Waals surface area contributed by atoms with Gasteiger partial charge < -0.3 is 19.3 Å². The van der Waals surface area contributed by atoms with Crippen molar-refractivity contribution in [3.05, 3.63) is 47.9 Å². The number of benzene rings is 1. The maximum Gasteiger partial charge on any atom is 0.254 e. The van der Waals surface area contributed by atoms with Gasteiger partial charge in [-0.25, -0.2) is 4.98 Å². The van der Waals surface area contributed by atoms with Gasteiger partial charge in [-0.15, -0.1) is 0 Å². The highest BCUT2D eigenvalue weighted by Crippen LogP contribution is 2.25. The molecule has 6 nitrogen and oxygen atoms in total. The van der Waals surface area contributed by atoms with E-state index < -0.39 is 5.95 Å². The van der Waals surface area contributed by atoms with E-state index in [1.165, 1.54) is 6.07 Å². The highest BCUT2D eigenvalue weighted by molar-refractivity contribution is 5.95. The lowest BCUT2D eigenvalue weighted by Gasteiger charge is -2.40. The number of rotatable bonds is 4. The molecule has 138 valence electrons. The van der Waals surface area contributed by atoms with E-state index >= 15 is 0 Å².